The molecule has 1 aromatic carbocycles. The Kier molecular flexibility index (Phi) is 104. The van der Waals surface area contributed by atoms with Crippen LogP contribution in [0.3, 0.4) is 0 Å². The maximum absolute atomic E-state index is 13.3. The smallest absolute Gasteiger partial charge is 0.306 e. The van der Waals surface area contributed by atoms with Gasteiger partial charge in [0.25, 0.3) is 0 Å². The largest absolute Gasteiger partial charge is 0.481 e. The summed E-state index contributed by atoms with van der Waals surface area (Å²) in [4.78, 5) is 121. The third-order valence-corrected chi connectivity index (χ3v) is 23.9. The second kappa shape index (κ2) is 110. The molecule has 0 spiro atoms. The van der Waals surface area contributed by atoms with Crippen molar-refractivity contribution in [2.45, 2.75) is 258 Å². The molecule has 40 heteroatoms. The maximum Gasteiger partial charge on any atom is 0.306 e. The first-order chi connectivity index (χ1) is 72.9. The van der Waals surface area contributed by atoms with Crippen LogP contribution >= 0.6 is 0 Å². The fourth-order valence-electron chi connectivity index (χ4n) is 15.2. The molecule has 1 fully saturated rings. The minimum atomic E-state index is -1.19. The number of hydrogen-bond acceptors (Lipinski definition) is 34. The molecule has 0 unspecified atom stereocenters. The van der Waals surface area contributed by atoms with Gasteiger partial charge in [0.15, 0.2) is 11.6 Å². The van der Waals surface area contributed by atoms with E-state index in [9.17, 15) is 58.2 Å². The van der Waals surface area contributed by atoms with Crippen LogP contribution in [0.15, 0.2) is 24.3 Å². The van der Waals surface area contributed by atoms with Gasteiger partial charge in [-0.25, -0.2) is 0 Å². The molecular formula is C109H195N3O37. The Morgan fingerprint density at radius 2 is 0.597 bits per heavy atom. The lowest BCUT2D eigenvalue weighted by molar-refractivity contribution is -0.145. The molecule has 0 aromatic heterocycles. The zero-order valence-corrected chi connectivity index (χ0v) is 91.1. The van der Waals surface area contributed by atoms with Crippen LogP contribution in [0.25, 0.3) is 0 Å². The van der Waals surface area contributed by atoms with E-state index in [4.69, 9.17) is 125 Å². The highest BCUT2D eigenvalue weighted by atomic mass is 16.6. The van der Waals surface area contributed by atoms with Crippen LogP contribution in [-0.2, 0) is 157 Å². The Morgan fingerprint density at radius 3 is 0.899 bits per heavy atom. The van der Waals surface area contributed by atoms with Crippen molar-refractivity contribution in [2.75, 3.05) is 324 Å². The first-order valence-electron chi connectivity index (χ1n) is 55.4. The summed E-state index contributed by atoms with van der Waals surface area (Å²) in [6.45, 7) is 28.4. The number of ether oxygens (including phenoxy) is 24. The number of primary amides is 1. The molecule has 0 heterocycles. The van der Waals surface area contributed by atoms with Gasteiger partial charge in [0.05, 0.1) is 316 Å². The number of carboxylic acid groups (broad SMARTS) is 3. The van der Waals surface area contributed by atoms with Crippen LogP contribution < -0.4 is 16.4 Å². The van der Waals surface area contributed by atoms with E-state index in [1.807, 2.05) is 38.1 Å². The monoisotopic (exact) mass is 2140 g/mol. The molecule has 868 valence electrons. The van der Waals surface area contributed by atoms with E-state index in [2.05, 4.69) is 10.6 Å². The van der Waals surface area contributed by atoms with Crippen LogP contribution in [0.2, 0.25) is 0 Å². The standard InChI is InChI=1S/C90H168N2O34.C19H27NO3/c1-2-103-32-33-105-36-37-107-40-41-109-44-45-111-48-49-113-52-53-115-56-57-117-60-61-119-64-65-121-68-69-123-72-73-125-76-77-126-75-74-124-71-70-122-67-66-120-63-62-118-59-58-116-55-54-114-51-50-112-47-46-110-43-42-108-39-38-106-35-34-104-31-19-20-84(93)83(28-30-89(99)100)92-87(96)29-27-82(90(101)102)78-85(94)81-25-23-80(24-26-81)79-91-86(95)21-17-15-13-11-9-7-5-3-4-6-8-10-12-14-16-18-22-88(97)98;1-3-17(21)13-16(19(20)23)7-5-4-6-8-18(22)15-11-9-14(2)10-12-15/h80-83H,2-79H2,1H3,(H,91,95)(H,92,96)(H,97,98)(H,99,100)(H,101,102);9-12,16H,3-8,13H2,1-2H3,(H2,20,23)/t80?,81?,82-,83+;16-/m11/s1. The fraction of sp³-hybridized carbons (Fsp3) is 0.853. The average Bonchev–Trinajstić information content (AvgIpc) is 0.864. The summed E-state index contributed by atoms with van der Waals surface area (Å²) in [6.07, 6.45) is 25.6. The number of hydrogen-bond donors (Lipinski definition) is 6. The van der Waals surface area contributed by atoms with Crippen molar-refractivity contribution in [2.24, 2.45) is 29.4 Å². The molecule has 3 amide bonds. The Morgan fingerprint density at radius 1 is 0.302 bits per heavy atom. The van der Waals surface area contributed by atoms with Gasteiger partial charge in [-0.1, -0.05) is 139 Å². The van der Waals surface area contributed by atoms with Gasteiger partial charge in [-0.15, -0.1) is 0 Å². The second-order valence-corrected chi connectivity index (χ2v) is 36.3. The van der Waals surface area contributed by atoms with Crippen LogP contribution in [0.4, 0.5) is 0 Å². The van der Waals surface area contributed by atoms with Gasteiger partial charge >= 0.3 is 17.9 Å². The van der Waals surface area contributed by atoms with E-state index < -0.39 is 41.7 Å². The number of aryl methyl sites for hydroxylation is 1. The van der Waals surface area contributed by atoms with Crippen molar-refractivity contribution in [3.8, 4) is 0 Å². The number of ketones is 4. The number of aliphatic carboxylic acids is 3. The second-order valence-electron chi connectivity index (χ2n) is 36.3. The molecule has 149 heavy (non-hydrogen) atoms. The third kappa shape index (κ3) is 99.6. The number of carbonyl (C=O) groups excluding carboxylic acids is 7. The fourth-order valence-corrected chi connectivity index (χ4v) is 15.2. The topological polar surface area (TPSA) is 503 Å². The summed E-state index contributed by atoms with van der Waals surface area (Å²) < 4.78 is 132. The number of carboxylic acids is 3. The van der Waals surface area contributed by atoms with Gasteiger partial charge in [0.1, 0.15) is 11.6 Å². The molecule has 3 atom stereocenters. The van der Waals surface area contributed by atoms with Crippen molar-refractivity contribution in [1.29, 1.82) is 0 Å². The Labute approximate surface area is 888 Å². The van der Waals surface area contributed by atoms with Crippen molar-refractivity contribution < 1.29 is 177 Å². The predicted octanol–water partition coefficient (Wildman–Crippen LogP) is 12.2. The van der Waals surface area contributed by atoms with E-state index >= 15 is 0 Å². The van der Waals surface area contributed by atoms with E-state index in [0.29, 0.717) is 355 Å². The van der Waals surface area contributed by atoms with Gasteiger partial charge in [-0.05, 0) is 90.4 Å². The Hall–Kier alpha value is -6.24. The number of unbranched alkanes of at least 4 members (excludes halogenated alkanes) is 17. The molecule has 1 aromatic rings. The summed E-state index contributed by atoms with van der Waals surface area (Å²) in [7, 11) is 0. The summed E-state index contributed by atoms with van der Waals surface area (Å²) in [5.41, 5.74) is 7.23. The predicted molar refractivity (Wildman–Crippen MR) is 559 cm³/mol. The molecule has 7 N–H and O–H groups in total. The lowest BCUT2D eigenvalue weighted by Crippen LogP contribution is -2.41. The molecule has 1 aliphatic carbocycles. The van der Waals surface area contributed by atoms with E-state index in [0.717, 1.165) is 81.8 Å². The Balaban J connectivity index is 0.00000422. The van der Waals surface area contributed by atoms with E-state index in [-0.39, 0.29) is 111 Å². The van der Waals surface area contributed by atoms with Crippen LogP contribution in [0.5, 0.6) is 0 Å². The van der Waals surface area contributed by atoms with Crippen molar-refractivity contribution in [3.63, 3.8) is 0 Å². The number of rotatable bonds is 118. The zero-order valence-electron chi connectivity index (χ0n) is 91.1. The molecular weight excluding hydrogens is 1940 g/mol. The summed E-state index contributed by atoms with van der Waals surface area (Å²) in [5.74, 6) is -5.73. The molecule has 1 aliphatic rings. The van der Waals surface area contributed by atoms with Crippen molar-refractivity contribution in [1.82, 2.24) is 10.6 Å². The minimum absolute atomic E-state index is 0.0272. The first kappa shape index (κ1) is 141. The number of nitrogens with one attached hydrogen (secondary N) is 2. The maximum atomic E-state index is 13.3. The van der Waals surface area contributed by atoms with Crippen molar-refractivity contribution >= 4 is 58.8 Å². The third-order valence-electron chi connectivity index (χ3n) is 23.9. The highest BCUT2D eigenvalue weighted by molar-refractivity contribution is 5.96. The highest BCUT2D eigenvalue weighted by Gasteiger charge is 2.32. The van der Waals surface area contributed by atoms with Crippen LogP contribution in [-0.4, -0.2) is 404 Å². The first-order valence-corrected chi connectivity index (χ1v) is 55.4. The highest BCUT2D eigenvalue weighted by Crippen LogP contribution is 2.32. The number of nitrogens with two attached hydrogens (primary N) is 1. The van der Waals surface area contributed by atoms with Crippen LogP contribution in [0, 0.1) is 30.6 Å². The SMILES string of the molecule is CCC(=O)C[C@@H](CCCCCC(=O)c1ccc(C)cc1)C(N)=O.CCOCCOCCOCCOCCOCCOCCOCCOCCOCCOCCOCCOCCOCCOCCOCCOCCOCCOCCOCCOCCOCCOCCOCCOCCCC(=O)[C@H](CCC(=O)O)NC(=O)CC[C@H](CC(=O)C1CCC(CNC(=O)CCCCCCCCCCCCCCCCCCC(=O)O)CC1)C(=O)O. The number of Topliss-reactive ketones (excluding diaryl/α,β-unsaturated/α-hetero) is 4. The molecule has 0 saturated heterocycles. The quantitative estimate of drug-likeness (QED) is 0.0260. The molecule has 1 saturated carbocycles. The number of amides is 3. The van der Waals surface area contributed by atoms with Crippen molar-refractivity contribution in [3.05, 3.63) is 35.4 Å². The molecule has 0 aliphatic heterocycles. The summed E-state index contributed by atoms with van der Waals surface area (Å²) in [6, 6.07) is 6.53. The van der Waals surface area contributed by atoms with E-state index in [1.54, 1.807) is 6.92 Å². The van der Waals surface area contributed by atoms with E-state index in [1.165, 1.54) is 64.2 Å². The van der Waals surface area contributed by atoms with Gasteiger partial charge in [-0.3, -0.25) is 47.9 Å². The summed E-state index contributed by atoms with van der Waals surface area (Å²) >= 11 is 0. The normalized spacial score (nSPS) is 13.7. The van der Waals surface area contributed by atoms with Crippen LogP contribution in [0.1, 0.15) is 261 Å². The lowest BCUT2D eigenvalue weighted by Gasteiger charge is -2.28. The lowest BCUT2D eigenvalue weighted by atomic mass is 9.78. The summed E-state index contributed by atoms with van der Waals surface area (Å²) in [5, 5.41) is 33.7. The molecule has 0 bridgehead atoms. The van der Waals surface area contributed by atoms with Gasteiger partial charge in [0.2, 0.25) is 17.7 Å². The van der Waals surface area contributed by atoms with Gasteiger partial charge < -0.3 is 145 Å². The average molecular weight is 2140 g/mol. The van der Waals surface area contributed by atoms with Gasteiger partial charge in [-0.2, -0.15) is 0 Å². The Bertz CT molecular complexity index is 3260. The minimum Gasteiger partial charge on any atom is -0.481 e. The van der Waals surface area contributed by atoms with Gasteiger partial charge in [0, 0.05) is 94.9 Å². The number of carbonyl (C=O) groups is 10. The molecule has 0 radical (unpaired) electrons. The molecule has 2 rings (SSSR count). The number of benzene rings is 1. The molecule has 40 nitrogen and oxygen atoms in total. The zero-order chi connectivity index (χ0) is 108.